The number of rotatable bonds is 6. The molecule has 0 amide bonds. The molecule has 0 bridgehead atoms. The smallest absolute Gasteiger partial charge is 0.128 e. The Morgan fingerprint density at radius 2 is 1.58 bits per heavy atom. The molecule has 4 heteroatoms. The normalized spacial score (nSPS) is 14.5. The summed E-state index contributed by atoms with van der Waals surface area (Å²) in [6, 6.07) is 5.08. The van der Waals surface area contributed by atoms with Gasteiger partial charge in [0.1, 0.15) is 5.82 Å². The number of hydrogen-bond donors (Lipinski definition) is 2. The molecule has 2 unspecified atom stereocenters. The molecule has 2 atom stereocenters. The Morgan fingerprint density at radius 1 is 1.05 bits per heavy atom. The van der Waals surface area contributed by atoms with Crippen LogP contribution in [0.2, 0.25) is 0 Å². The second kappa shape index (κ2) is 6.87. The van der Waals surface area contributed by atoms with Gasteiger partial charge in [-0.1, -0.05) is 19.9 Å². The van der Waals surface area contributed by atoms with Crippen LogP contribution in [0.25, 0.3) is 0 Å². The molecule has 0 aliphatic heterocycles. The molecule has 0 saturated carbocycles. The number of aliphatic hydroxyl groups excluding tert-OH is 2. The molecule has 0 spiro atoms. The van der Waals surface area contributed by atoms with Crippen LogP contribution in [-0.2, 0) is 0 Å². The second-order valence-corrected chi connectivity index (χ2v) is 5.46. The molecule has 0 aliphatic carbocycles. The van der Waals surface area contributed by atoms with Crippen LogP contribution in [-0.4, -0.2) is 35.5 Å². The molecule has 19 heavy (non-hydrogen) atoms. The van der Waals surface area contributed by atoms with Crippen molar-refractivity contribution in [2.24, 2.45) is 0 Å². The summed E-state index contributed by atoms with van der Waals surface area (Å²) in [7, 11) is 0. The van der Waals surface area contributed by atoms with E-state index in [0.717, 1.165) is 0 Å². The molecular formula is C15H24FNO2. The van der Waals surface area contributed by atoms with E-state index in [9.17, 15) is 14.6 Å². The summed E-state index contributed by atoms with van der Waals surface area (Å²) in [5, 5.41) is 19.0. The van der Waals surface area contributed by atoms with Crippen molar-refractivity contribution in [3.05, 3.63) is 29.6 Å². The molecule has 2 N–H and O–H groups in total. The van der Waals surface area contributed by atoms with Crippen molar-refractivity contribution in [2.75, 3.05) is 18.0 Å². The van der Waals surface area contributed by atoms with Crippen molar-refractivity contribution in [3.8, 4) is 0 Å². The Kier molecular flexibility index (Phi) is 5.76. The monoisotopic (exact) mass is 269 g/mol. The van der Waals surface area contributed by atoms with Gasteiger partial charge in [0, 0.05) is 18.8 Å². The van der Waals surface area contributed by atoms with Crippen molar-refractivity contribution >= 4 is 5.69 Å². The number of benzene rings is 1. The number of halogens is 1. The van der Waals surface area contributed by atoms with E-state index in [2.05, 4.69) is 0 Å². The Labute approximate surface area is 114 Å². The van der Waals surface area contributed by atoms with Gasteiger partial charge in [0.15, 0.2) is 0 Å². The van der Waals surface area contributed by atoms with Gasteiger partial charge < -0.3 is 15.1 Å². The third kappa shape index (κ3) is 4.80. The maximum absolute atomic E-state index is 14.0. The van der Waals surface area contributed by atoms with Crippen LogP contribution in [0.4, 0.5) is 10.1 Å². The Balaban J connectivity index is 2.98. The van der Waals surface area contributed by atoms with Gasteiger partial charge in [-0.15, -0.1) is 0 Å². The molecular weight excluding hydrogens is 245 g/mol. The minimum Gasteiger partial charge on any atom is -0.392 e. The largest absolute Gasteiger partial charge is 0.392 e. The van der Waals surface area contributed by atoms with Crippen molar-refractivity contribution < 1.29 is 14.6 Å². The number of nitrogens with zero attached hydrogens (tertiary/aromatic N) is 1. The average Bonchev–Trinajstić information content (AvgIpc) is 2.26. The molecule has 108 valence electrons. The molecule has 1 rings (SSSR count). The average molecular weight is 269 g/mol. The van der Waals surface area contributed by atoms with E-state index >= 15 is 0 Å². The number of anilines is 1. The van der Waals surface area contributed by atoms with Gasteiger partial charge in [-0.05, 0) is 37.5 Å². The highest BCUT2D eigenvalue weighted by Gasteiger charge is 2.14. The Hall–Kier alpha value is -1.13. The van der Waals surface area contributed by atoms with Crippen molar-refractivity contribution in [3.63, 3.8) is 0 Å². The van der Waals surface area contributed by atoms with Gasteiger partial charge in [-0.3, -0.25) is 0 Å². The summed E-state index contributed by atoms with van der Waals surface area (Å²) in [5.41, 5.74) is 1.36. The van der Waals surface area contributed by atoms with E-state index in [1.165, 1.54) is 6.07 Å². The van der Waals surface area contributed by atoms with E-state index in [4.69, 9.17) is 0 Å². The topological polar surface area (TPSA) is 43.7 Å². The Bertz CT molecular complexity index is 395. The molecule has 0 aromatic heterocycles. The number of hydrogen-bond acceptors (Lipinski definition) is 3. The first kappa shape index (κ1) is 15.9. The minimum absolute atomic E-state index is 0.135. The maximum Gasteiger partial charge on any atom is 0.128 e. The van der Waals surface area contributed by atoms with Gasteiger partial charge in [0.2, 0.25) is 0 Å². The third-order valence-corrected chi connectivity index (χ3v) is 2.94. The van der Waals surface area contributed by atoms with Crippen LogP contribution in [0.1, 0.15) is 39.2 Å². The lowest BCUT2D eigenvalue weighted by molar-refractivity contribution is 0.178. The zero-order valence-electron chi connectivity index (χ0n) is 12.1. The predicted molar refractivity (Wildman–Crippen MR) is 76.1 cm³/mol. The molecule has 0 fully saturated rings. The van der Waals surface area contributed by atoms with Crippen LogP contribution >= 0.6 is 0 Å². The summed E-state index contributed by atoms with van der Waals surface area (Å²) < 4.78 is 14.0. The molecule has 1 aromatic carbocycles. The molecule has 0 radical (unpaired) electrons. The fraction of sp³-hybridized carbons (Fsp3) is 0.600. The third-order valence-electron chi connectivity index (χ3n) is 2.94. The second-order valence-electron chi connectivity index (χ2n) is 5.46. The molecule has 0 heterocycles. The van der Waals surface area contributed by atoms with Crippen LogP contribution < -0.4 is 4.90 Å². The van der Waals surface area contributed by atoms with Crippen LogP contribution in [0.3, 0.4) is 0 Å². The van der Waals surface area contributed by atoms with E-state index in [1.54, 1.807) is 24.8 Å². The van der Waals surface area contributed by atoms with Gasteiger partial charge in [-0.2, -0.15) is 0 Å². The lowest BCUT2D eigenvalue weighted by atomic mass is 10.0. The summed E-state index contributed by atoms with van der Waals surface area (Å²) in [5.74, 6) is -0.107. The van der Waals surface area contributed by atoms with E-state index in [-0.39, 0.29) is 11.7 Å². The molecule has 0 aliphatic rings. The van der Waals surface area contributed by atoms with Crippen molar-refractivity contribution in [1.82, 2.24) is 0 Å². The standard InChI is InChI=1S/C15H24FNO2/c1-10(2)14-6-5-13(7-15(14)16)17(8-11(3)18)9-12(4)19/h5-7,10-12,18-19H,8-9H2,1-4H3. The van der Waals surface area contributed by atoms with E-state index in [0.29, 0.717) is 24.3 Å². The number of aliphatic hydroxyl groups is 2. The highest BCUT2D eigenvalue weighted by atomic mass is 19.1. The van der Waals surface area contributed by atoms with Crippen LogP contribution in [0.15, 0.2) is 18.2 Å². The van der Waals surface area contributed by atoms with Gasteiger partial charge in [-0.25, -0.2) is 4.39 Å². The highest BCUT2D eigenvalue weighted by molar-refractivity contribution is 5.49. The van der Waals surface area contributed by atoms with Crippen LogP contribution in [0.5, 0.6) is 0 Å². The highest BCUT2D eigenvalue weighted by Crippen LogP contribution is 2.24. The van der Waals surface area contributed by atoms with Gasteiger partial charge in [0.25, 0.3) is 0 Å². The van der Waals surface area contributed by atoms with Crippen molar-refractivity contribution in [1.29, 1.82) is 0 Å². The lowest BCUT2D eigenvalue weighted by Gasteiger charge is -2.28. The quantitative estimate of drug-likeness (QED) is 0.834. The summed E-state index contributed by atoms with van der Waals surface area (Å²) in [6.45, 7) is 7.97. The van der Waals surface area contributed by atoms with E-state index in [1.807, 2.05) is 19.9 Å². The Morgan fingerprint density at radius 3 is 1.95 bits per heavy atom. The zero-order valence-corrected chi connectivity index (χ0v) is 12.1. The fourth-order valence-corrected chi connectivity index (χ4v) is 2.10. The summed E-state index contributed by atoms with van der Waals surface area (Å²) >= 11 is 0. The molecule has 3 nitrogen and oxygen atoms in total. The summed E-state index contributed by atoms with van der Waals surface area (Å²) in [6.07, 6.45) is -1.07. The minimum atomic E-state index is -0.536. The molecule has 1 aromatic rings. The maximum atomic E-state index is 14.0. The predicted octanol–water partition coefficient (Wildman–Crippen LogP) is 2.52. The van der Waals surface area contributed by atoms with E-state index < -0.39 is 12.2 Å². The first-order chi connectivity index (χ1) is 8.81. The zero-order chi connectivity index (χ0) is 14.6. The lowest BCUT2D eigenvalue weighted by Crippen LogP contribution is -2.36. The molecule has 0 saturated heterocycles. The first-order valence-electron chi connectivity index (χ1n) is 6.71. The van der Waals surface area contributed by atoms with Gasteiger partial charge >= 0.3 is 0 Å². The summed E-state index contributed by atoms with van der Waals surface area (Å²) in [4.78, 5) is 1.79. The van der Waals surface area contributed by atoms with Crippen molar-refractivity contribution in [2.45, 2.75) is 45.8 Å². The van der Waals surface area contributed by atoms with Gasteiger partial charge in [0.05, 0.1) is 12.2 Å². The fourth-order valence-electron chi connectivity index (χ4n) is 2.10. The SMILES string of the molecule is CC(O)CN(CC(C)O)c1ccc(C(C)C)c(F)c1. The van der Waals surface area contributed by atoms with Crippen LogP contribution in [0, 0.1) is 5.82 Å². The first-order valence-corrected chi connectivity index (χ1v) is 6.71.